The highest BCUT2D eigenvalue weighted by Crippen LogP contribution is 2.36. The molecule has 2 aromatic carbocycles. The van der Waals surface area contributed by atoms with E-state index in [1.54, 1.807) is 0 Å². The minimum absolute atomic E-state index is 0.645. The fourth-order valence-corrected chi connectivity index (χ4v) is 6.21. The Hall–Kier alpha value is -1.66. The standard InChI is InChI=1S/C20H25NO3Si/c1-2-3-12-21-13-15-22-25(23-16-14-21)20-11-7-5-9-18(20)17-8-4-6-10-19(17)24-25/h4-11H,2-3,12-16H2,1H3. The molecule has 1 fully saturated rings. The second-order valence-corrected chi connectivity index (χ2v) is 9.02. The SMILES string of the molecule is CCCCN1CCO[Si]2(OCC1)Oc1ccccc1-c1ccccc12. The van der Waals surface area contributed by atoms with Gasteiger partial charge in [0, 0.05) is 23.8 Å². The number of hydrogen-bond donors (Lipinski definition) is 0. The van der Waals surface area contributed by atoms with Crippen LogP contribution in [0.25, 0.3) is 11.1 Å². The number of fused-ring (bicyclic) bond motifs is 4. The van der Waals surface area contributed by atoms with Crippen molar-refractivity contribution in [2.75, 3.05) is 32.8 Å². The molecule has 0 saturated carbocycles. The minimum Gasteiger partial charge on any atom is -0.497 e. The van der Waals surface area contributed by atoms with Crippen LogP contribution >= 0.6 is 0 Å². The van der Waals surface area contributed by atoms with Crippen LogP contribution in [0.1, 0.15) is 19.8 Å². The van der Waals surface area contributed by atoms with Crippen molar-refractivity contribution in [2.45, 2.75) is 19.8 Å². The Bertz CT molecular complexity index is 726. The zero-order valence-corrected chi connectivity index (χ0v) is 15.7. The van der Waals surface area contributed by atoms with E-state index in [0.717, 1.165) is 36.1 Å². The third-order valence-corrected chi connectivity index (χ3v) is 7.66. The first-order valence-corrected chi connectivity index (χ1v) is 10.9. The lowest BCUT2D eigenvalue weighted by atomic mass is 10.0. The van der Waals surface area contributed by atoms with Crippen LogP contribution in [0, 0.1) is 0 Å². The second kappa shape index (κ2) is 7.29. The lowest BCUT2D eigenvalue weighted by Gasteiger charge is -2.38. The molecule has 4 rings (SSSR count). The summed E-state index contributed by atoms with van der Waals surface area (Å²) >= 11 is 0. The van der Waals surface area contributed by atoms with E-state index in [1.807, 2.05) is 24.3 Å². The van der Waals surface area contributed by atoms with E-state index < -0.39 is 8.80 Å². The van der Waals surface area contributed by atoms with Crippen LogP contribution in [0.2, 0.25) is 0 Å². The monoisotopic (exact) mass is 355 g/mol. The van der Waals surface area contributed by atoms with Crippen LogP contribution < -0.4 is 9.61 Å². The number of hydrogen-bond acceptors (Lipinski definition) is 4. The number of benzene rings is 2. The van der Waals surface area contributed by atoms with E-state index >= 15 is 0 Å². The third kappa shape index (κ3) is 3.25. The van der Waals surface area contributed by atoms with E-state index in [-0.39, 0.29) is 0 Å². The average molecular weight is 356 g/mol. The predicted molar refractivity (Wildman–Crippen MR) is 101 cm³/mol. The summed E-state index contributed by atoms with van der Waals surface area (Å²) in [6, 6.07) is 16.5. The average Bonchev–Trinajstić information content (AvgIpc) is 2.64. The van der Waals surface area contributed by atoms with Crippen molar-refractivity contribution in [3.05, 3.63) is 48.5 Å². The topological polar surface area (TPSA) is 30.9 Å². The number of nitrogens with zero attached hydrogens (tertiary/aromatic N) is 1. The molecular formula is C20H25NO3Si. The van der Waals surface area contributed by atoms with Gasteiger partial charge in [-0.1, -0.05) is 55.8 Å². The first-order valence-electron chi connectivity index (χ1n) is 9.20. The van der Waals surface area contributed by atoms with Gasteiger partial charge in [0.15, 0.2) is 0 Å². The van der Waals surface area contributed by atoms with Crippen LogP contribution in [-0.4, -0.2) is 46.6 Å². The molecule has 0 N–H and O–H groups in total. The first-order chi connectivity index (χ1) is 12.3. The maximum atomic E-state index is 6.41. The Kier molecular flexibility index (Phi) is 4.90. The molecule has 0 bridgehead atoms. The molecule has 5 heteroatoms. The van der Waals surface area contributed by atoms with E-state index in [9.17, 15) is 0 Å². The molecule has 0 radical (unpaired) electrons. The van der Waals surface area contributed by atoms with Crippen molar-refractivity contribution in [1.29, 1.82) is 0 Å². The largest absolute Gasteiger partial charge is 0.603 e. The van der Waals surface area contributed by atoms with Crippen molar-refractivity contribution in [3.8, 4) is 16.9 Å². The van der Waals surface area contributed by atoms with E-state index in [1.165, 1.54) is 18.4 Å². The smallest absolute Gasteiger partial charge is 0.497 e. The molecule has 0 unspecified atom stereocenters. The van der Waals surface area contributed by atoms with E-state index in [4.69, 9.17) is 13.3 Å². The van der Waals surface area contributed by atoms with Gasteiger partial charge in [-0.2, -0.15) is 0 Å². The van der Waals surface area contributed by atoms with Gasteiger partial charge in [0.1, 0.15) is 5.75 Å². The molecule has 0 atom stereocenters. The molecule has 25 heavy (non-hydrogen) atoms. The molecule has 4 nitrogen and oxygen atoms in total. The van der Waals surface area contributed by atoms with Crippen LogP contribution in [0.5, 0.6) is 5.75 Å². The molecule has 2 aliphatic heterocycles. The summed E-state index contributed by atoms with van der Waals surface area (Å²) < 4.78 is 19.1. The molecule has 2 heterocycles. The fraction of sp³-hybridized carbons (Fsp3) is 0.400. The highest BCUT2D eigenvalue weighted by atomic mass is 28.4. The van der Waals surface area contributed by atoms with Gasteiger partial charge in [0.05, 0.1) is 13.2 Å². The molecule has 2 aromatic rings. The van der Waals surface area contributed by atoms with Crippen LogP contribution in [0.15, 0.2) is 48.5 Å². The van der Waals surface area contributed by atoms with Crippen molar-refractivity contribution in [2.24, 2.45) is 0 Å². The quantitative estimate of drug-likeness (QED) is 0.792. The summed E-state index contributed by atoms with van der Waals surface area (Å²) in [4.78, 5) is 2.42. The first kappa shape index (κ1) is 16.8. The zero-order valence-electron chi connectivity index (χ0n) is 14.7. The lowest BCUT2D eigenvalue weighted by Crippen LogP contribution is -2.63. The summed E-state index contributed by atoms with van der Waals surface area (Å²) in [5, 5.41) is 1.09. The normalized spacial score (nSPS) is 19.4. The Morgan fingerprint density at radius 1 is 0.920 bits per heavy atom. The lowest BCUT2D eigenvalue weighted by molar-refractivity contribution is 0.0639. The summed E-state index contributed by atoms with van der Waals surface area (Å²) in [6.45, 7) is 6.50. The van der Waals surface area contributed by atoms with Crippen molar-refractivity contribution < 1.29 is 13.3 Å². The molecule has 2 aliphatic rings. The second-order valence-electron chi connectivity index (χ2n) is 6.59. The van der Waals surface area contributed by atoms with Gasteiger partial charge in [-0.25, -0.2) is 0 Å². The van der Waals surface area contributed by atoms with Gasteiger partial charge in [-0.15, -0.1) is 0 Å². The van der Waals surface area contributed by atoms with Crippen LogP contribution in [0.3, 0.4) is 0 Å². The van der Waals surface area contributed by atoms with E-state index in [2.05, 4.69) is 36.1 Å². The Morgan fingerprint density at radius 3 is 2.36 bits per heavy atom. The van der Waals surface area contributed by atoms with Crippen molar-refractivity contribution in [1.82, 2.24) is 4.90 Å². The summed E-state index contributed by atoms with van der Waals surface area (Å²) in [7, 11) is -2.91. The van der Waals surface area contributed by atoms with Crippen LogP contribution in [-0.2, 0) is 8.85 Å². The van der Waals surface area contributed by atoms with E-state index in [0.29, 0.717) is 13.2 Å². The van der Waals surface area contributed by atoms with Gasteiger partial charge in [-0.3, -0.25) is 4.90 Å². The van der Waals surface area contributed by atoms with Gasteiger partial charge in [-0.05, 0) is 24.6 Å². The summed E-state index contributed by atoms with van der Waals surface area (Å²) in [5.74, 6) is 0.872. The maximum absolute atomic E-state index is 6.41. The molecule has 132 valence electrons. The Morgan fingerprint density at radius 2 is 1.60 bits per heavy atom. The predicted octanol–water partition coefficient (Wildman–Crippen LogP) is 3.04. The molecule has 0 amide bonds. The van der Waals surface area contributed by atoms with Crippen molar-refractivity contribution >= 4 is 14.0 Å². The maximum Gasteiger partial charge on any atom is 0.603 e. The highest BCUT2D eigenvalue weighted by molar-refractivity contribution is 6.78. The Balaban J connectivity index is 1.62. The molecule has 1 saturated heterocycles. The molecule has 0 aliphatic carbocycles. The highest BCUT2D eigenvalue weighted by Gasteiger charge is 2.51. The number of rotatable bonds is 3. The number of para-hydroxylation sites is 1. The molecular weight excluding hydrogens is 330 g/mol. The summed E-state index contributed by atoms with van der Waals surface area (Å²) in [5.41, 5.74) is 2.30. The van der Waals surface area contributed by atoms with Gasteiger partial charge in [0.2, 0.25) is 0 Å². The van der Waals surface area contributed by atoms with Crippen LogP contribution in [0.4, 0.5) is 0 Å². The third-order valence-electron chi connectivity index (χ3n) is 4.91. The molecule has 1 spiro atoms. The van der Waals surface area contributed by atoms with Gasteiger partial charge >= 0.3 is 8.80 Å². The van der Waals surface area contributed by atoms with Gasteiger partial charge < -0.3 is 13.3 Å². The number of unbranched alkanes of at least 4 members (excludes halogenated alkanes) is 1. The fourth-order valence-electron chi connectivity index (χ4n) is 3.55. The minimum atomic E-state index is -2.91. The Labute approximate surface area is 150 Å². The van der Waals surface area contributed by atoms with Crippen molar-refractivity contribution in [3.63, 3.8) is 0 Å². The molecule has 0 aromatic heterocycles. The van der Waals surface area contributed by atoms with Gasteiger partial charge in [0.25, 0.3) is 0 Å². The summed E-state index contributed by atoms with van der Waals surface area (Å²) in [6.07, 6.45) is 2.43. The zero-order chi connectivity index (χ0) is 17.1.